The Hall–Kier alpha value is -0.510. The van der Waals surface area contributed by atoms with Gasteiger partial charge in [0.2, 0.25) is 0 Å². The van der Waals surface area contributed by atoms with Crippen molar-refractivity contribution in [3.8, 4) is 0 Å². The van der Waals surface area contributed by atoms with Crippen LogP contribution in [0.2, 0.25) is 0 Å². The lowest BCUT2D eigenvalue weighted by molar-refractivity contribution is -0.00438. The van der Waals surface area contributed by atoms with Crippen molar-refractivity contribution in [1.29, 1.82) is 0 Å². The second-order valence-corrected chi connectivity index (χ2v) is 7.09. The van der Waals surface area contributed by atoms with Crippen molar-refractivity contribution in [2.75, 3.05) is 5.73 Å². The van der Waals surface area contributed by atoms with E-state index in [-0.39, 0.29) is 0 Å². The van der Waals surface area contributed by atoms with Gasteiger partial charge in [0.05, 0.1) is 10.2 Å². The highest BCUT2D eigenvalue weighted by Gasteiger charge is 2.49. The van der Waals surface area contributed by atoms with E-state index in [2.05, 4.69) is 26.1 Å². The standard InChI is InChI=1S/C13H18BrN3/c14-11-12(16-17-13(11)15)10-8-2-6-1-7(4-8)5-9(10)3-6/h6-10H,1-5H2,(H3,15,16,17). The second kappa shape index (κ2) is 3.50. The molecule has 0 amide bonds. The zero-order valence-electron chi connectivity index (χ0n) is 9.82. The van der Waals surface area contributed by atoms with E-state index in [9.17, 15) is 0 Å². The maximum absolute atomic E-state index is 5.84. The highest BCUT2D eigenvalue weighted by atomic mass is 79.9. The maximum atomic E-state index is 5.84. The molecule has 0 radical (unpaired) electrons. The third kappa shape index (κ3) is 1.42. The molecule has 0 aromatic carbocycles. The molecule has 1 aromatic rings. The molecule has 1 aromatic heterocycles. The second-order valence-electron chi connectivity index (χ2n) is 6.29. The summed E-state index contributed by atoms with van der Waals surface area (Å²) >= 11 is 3.60. The molecule has 4 fully saturated rings. The molecule has 0 saturated heterocycles. The van der Waals surface area contributed by atoms with E-state index >= 15 is 0 Å². The van der Waals surface area contributed by atoms with Crippen LogP contribution in [-0.2, 0) is 0 Å². The van der Waals surface area contributed by atoms with Crippen LogP contribution in [0.3, 0.4) is 0 Å². The van der Waals surface area contributed by atoms with Crippen molar-refractivity contribution in [3.05, 3.63) is 10.2 Å². The molecule has 4 aliphatic rings. The molecule has 5 rings (SSSR count). The molecule has 92 valence electrons. The molecule has 4 bridgehead atoms. The Morgan fingerprint density at radius 3 is 2.12 bits per heavy atom. The number of H-pyrrole nitrogens is 1. The predicted molar refractivity (Wildman–Crippen MR) is 70.5 cm³/mol. The number of halogens is 1. The molecule has 4 saturated carbocycles. The molecule has 0 spiro atoms. The summed E-state index contributed by atoms with van der Waals surface area (Å²) in [7, 11) is 0. The minimum atomic E-state index is 0.619. The number of nitrogens with zero attached hydrogens (tertiary/aromatic N) is 1. The van der Waals surface area contributed by atoms with Gasteiger partial charge in [-0.1, -0.05) is 0 Å². The molecule has 0 aliphatic heterocycles. The number of nitrogens with two attached hydrogens (primary N) is 1. The van der Waals surface area contributed by atoms with Gasteiger partial charge >= 0.3 is 0 Å². The Labute approximate surface area is 110 Å². The molecule has 4 aliphatic carbocycles. The fourth-order valence-electron chi connectivity index (χ4n) is 4.97. The first-order valence-corrected chi connectivity index (χ1v) is 7.51. The number of nitrogens with one attached hydrogen (secondary N) is 1. The van der Waals surface area contributed by atoms with E-state index in [4.69, 9.17) is 5.73 Å². The van der Waals surface area contributed by atoms with Gasteiger partial charge in [0.1, 0.15) is 0 Å². The number of aromatic nitrogens is 2. The summed E-state index contributed by atoms with van der Waals surface area (Å²) in [6.45, 7) is 0. The van der Waals surface area contributed by atoms with Gasteiger partial charge in [0, 0.05) is 5.92 Å². The zero-order chi connectivity index (χ0) is 11.6. The summed E-state index contributed by atoms with van der Waals surface area (Å²) < 4.78 is 1.02. The van der Waals surface area contributed by atoms with Crippen molar-refractivity contribution < 1.29 is 0 Å². The topological polar surface area (TPSA) is 54.7 Å². The number of hydrogen-bond acceptors (Lipinski definition) is 2. The van der Waals surface area contributed by atoms with Crippen LogP contribution in [0.15, 0.2) is 4.47 Å². The van der Waals surface area contributed by atoms with Crippen LogP contribution in [0, 0.1) is 23.7 Å². The largest absolute Gasteiger partial charge is 0.381 e. The lowest BCUT2D eigenvalue weighted by Crippen LogP contribution is -2.44. The minimum absolute atomic E-state index is 0.619. The smallest absolute Gasteiger partial charge is 0.159 e. The summed E-state index contributed by atoms with van der Waals surface area (Å²) in [5.74, 6) is 5.10. The first-order valence-electron chi connectivity index (χ1n) is 6.71. The summed E-state index contributed by atoms with van der Waals surface area (Å²) in [5.41, 5.74) is 7.12. The number of anilines is 1. The van der Waals surface area contributed by atoms with Crippen LogP contribution < -0.4 is 5.73 Å². The van der Waals surface area contributed by atoms with Crippen LogP contribution in [0.1, 0.15) is 43.7 Å². The Kier molecular flexibility index (Phi) is 2.14. The summed E-state index contributed by atoms with van der Waals surface area (Å²) in [6, 6.07) is 0. The van der Waals surface area contributed by atoms with E-state index in [1.54, 1.807) is 0 Å². The summed E-state index contributed by atoms with van der Waals surface area (Å²) in [4.78, 5) is 0. The van der Waals surface area contributed by atoms with Crippen LogP contribution in [0.4, 0.5) is 5.82 Å². The Morgan fingerprint density at radius 1 is 1.06 bits per heavy atom. The number of hydrogen-bond donors (Lipinski definition) is 2. The predicted octanol–water partition coefficient (Wildman–Crippen LogP) is 3.29. The minimum Gasteiger partial charge on any atom is -0.381 e. The van der Waals surface area contributed by atoms with Gasteiger partial charge < -0.3 is 5.73 Å². The van der Waals surface area contributed by atoms with Crippen LogP contribution in [0.5, 0.6) is 0 Å². The van der Waals surface area contributed by atoms with E-state index in [1.165, 1.54) is 37.8 Å². The Morgan fingerprint density at radius 2 is 1.65 bits per heavy atom. The average molecular weight is 296 g/mol. The molecule has 4 heteroatoms. The zero-order valence-corrected chi connectivity index (χ0v) is 11.4. The van der Waals surface area contributed by atoms with Crippen molar-refractivity contribution in [2.24, 2.45) is 23.7 Å². The van der Waals surface area contributed by atoms with Gasteiger partial charge in [0.15, 0.2) is 5.82 Å². The molecule has 0 atom stereocenters. The first kappa shape index (κ1) is 10.4. The fraction of sp³-hybridized carbons (Fsp3) is 0.769. The fourth-order valence-corrected chi connectivity index (χ4v) is 5.42. The van der Waals surface area contributed by atoms with Crippen molar-refractivity contribution >= 4 is 21.7 Å². The van der Waals surface area contributed by atoms with Crippen LogP contribution in [-0.4, -0.2) is 10.2 Å². The van der Waals surface area contributed by atoms with Crippen molar-refractivity contribution in [3.63, 3.8) is 0 Å². The van der Waals surface area contributed by atoms with Gasteiger partial charge in [-0.15, -0.1) is 0 Å². The van der Waals surface area contributed by atoms with E-state index in [0.29, 0.717) is 11.7 Å². The van der Waals surface area contributed by atoms with Crippen molar-refractivity contribution in [2.45, 2.75) is 38.0 Å². The third-order valence-corrected chi connectivity index (χ3v) is 6.15. The van der Waals surface area contributed by atoms with E-state index < -0.39 is 0 Å². The lowest BCUT2D eigenvalue weighted by Gasteiger charge is -2.54. The molecular formula is C13H18BrN3. The maximum Gasteiger partial charge on any atom is 0.159 e. The monoisotopic (exact) mass is 295 g/mol. The Bertz CT molecular complexity index is 426. The van der Waals surface area contributed by atoms with Gasteiger partial charge in [-0.25, -0.2) is 0 Å². The van der Waals surface area contributed by atoms with E-state index in [1.807, 2.05) is 0 Å². The summed E-state index contributed by atoms with van der Waals surface area (Å²) in [5, 5.41) is 7.33. The first-order chi connectivity index (χ1) is 8.22. The van der Waals surface area contributed by atoms with Gasteiger partial charge in [-0.05, 0) is 71.7 Å². The summed E-state index contributed by atoms with van der Waals surface area (Å²) in [6.07, 6.45) is 7.24. The highest BCUT2D eigenvalue weighted by molar-refractivity contribution is 9.10. The average Bonchev–Trinajstić information content (AvgIpc) is 2.60. The molecule has 3 nitrogen and oxygen atoms in total. The molecule has 17 heavy (non-hydrogen) atoms. The van der Waals surface area contributed by atoms with Crippen molar-refractivity contribution in [1.82, 2.24) is 10.2 Å². The lowest BCUT2D eigenvalue weighted by atomic mass is 9.51. The number of aromatic amines is 1. The number of rotatable bonds is 1. The SMILES string of the molecule is Nc1n[nH]c(C2C3CC4CC(C3)CC2C4)c1Br. The number of nitrogen functional groups attached to an aromatic ring is 1. The molecular weight excluding hydrogens is 278 g/mol. The van der Waals surface area contributed by atoms with Gasteiger partial charge in [-0.3, -0.25) is 5.10 Å². The molecule has 1 heterocycles. The molecule has 3 N–H and O–H groups in total. The van der Waals surface area contributed by atoms with Crippen LogP contribution in [0.25, 0.3) is 0 Å². The quantitative estimate of drug-likeness (QED) is 0.835. The van der Waals surface area contributed by atoms with Gasteiger partial charge in [0.25, 0.3) is 0 Å². The van der Waals surface area contributed by atoms with Crippen LogP contribution >= 0.6 is 15.9 Å². The third-order valence-electron chi connectivity index (χ3n) is 5.32. The van der Waals surface area contributed by atoms with Gasteiger partial charge in [-0.2, -0.15) is 5.10 Å². The molecule has 0 unspecified atom stereocenters. The normalized spacial score (nSPS) is 43.2. The Balaban J connectivity index is 1.73. The van der Waals surface area contributed by atoms with E-state index in [0.717, 1.165) is 28.1 Å². The highest BCUT2D eigenvalue weighted by Crippen LogP contribution is 2.60.